The second kappa shape index (κ2) is 53.4. The van der Waals surface area contributed by atoms with Gasteiger partial charge in [-0.15, -0.1) is 0 Å². The average molecular weight is 2030 g/mol. The van der Waals surface area contributed by atoms with E-state index in [9.17, 15) is 53.1 Å². The molecule has 15 amide bonds. The van der Waals surface area contributed by atoms with Gasteiger partial charge < -0.3 is 116 Å². The molecule has 0 radical (unpaired) electrons. The molecule has 0 bridgehead atoms. The summed E-state index contributed by atoms with van der Waals surface area (Å²) in [7, 11) is 0. The zero-order chi connectivity index (χ0) is 103. The van der Waals surface area contributed by atoms with Gasteiger partial charge >= 0.3 is 5.97 Å². The van der Waals surface area contributed by atoms with Crippen LogP contribution in [0, 0.1) is 34.0 Å². The Morgan fingerprint density at radius 2 is 1.06 bits per heavy atom. The zero-order valence-electron chi connectivity index (χ0n) is 81.6. The van der Waals surface area contributed by atoms with Crippen LogP contribution in [0.15, 0.2) is 120 Å². The molecular formula is C99H140BrN25O17. The van der Waals surface area contributed by atoms with Crippen LogP contribution in [0.3, 0.4) is 0 Å². The van der Waals surface area contributed by atoms with Gasteiger partial charge in [0.05, 0.1) is 18.6 Å². The number of hydrogen-bond donors (Lipinski definition) is 21. The van der Waals surface area contributed by atoms with Gasteiger partial charge in [0.15, 0.2) is 11.9 Å². The standard InChI is InChI=1S/C99H140BrN25O17/c1-58(2)49-71(116-83(129)68(24-16-43-111-97(104)105)114-87(133)77-26-17-47-123(77)90(136)70(23-13-15-42-110-96(102)103)115-84(130)69(36-37-80(101)126)120-94(141)98(3,4)93(140)109-46-40-66-22-12-14-41-108-66)86(132)122-99(5,6)95(142)121-73(54-67-55-107-57-113-67)85(131)117-72(50-61-38-44-106-45-39-61)82(128)112-56-81(127)125-76-25-11-10-21-64(76)53-79(125)89(135)118-74(51-60-30-34-65(100)35-31-60)91(137)124-48-18-27-78(124)88(134)119-75(92(138)139)52-59-28-32-63(33-29-59)62-19-8-7-9-20-62/h7-9,12,14,19-20,22,28-35,41,55,57-58,61,64,68-79,106H,10-11,13,15-18,21,23-27,36-40,42-54,56H2,1-6H3,(H2,101,126)(H,107,113)(H,109,140)(H,112,128)(H,114,133)(H,115,130)(H,116,129)(H,117,131)(H,118,135)(H,119,134)(H,120,141)(H,121,142)(H,122,132)(H,138,139)(H4,102,103,110)(H4,104,105,111)/t64-,68+,69-,70-,71-,72-,73-,74-,75+,76-,77-,78-,79-/m0/s1. The number of benzene rings is 3. The van der Waals surface area contributed by atoms with E-state index in [-0.39, 0.29) is 152 Å². The number of amides is 15. The fraction of sp³-hybridized carbons (Fsp3) is 0.556. The molecule has 5 aromatic rings. The lowest BCUT2D eigenvalue weighted by Gasteiger charge is -2.35. The van der Waals surface area contributed by atoms with E-state index >= 15 is 28.8 Å². The van der Waals surface area contributed by atoms with Gasteiger partial charge in [-0.25, -0.2) is 9.78 Å². The van der Waals surface area contributed by atoms with Crippen LogP contribution in [0.2, 0.25) is 0 Å². The van der Waals surface area contributed by atoms with Gasteiger partial charge in [-0.2, -0.15) is 0 Å². The number of H-pyrrole nitrogens is 1. The highest BCUT2D eigenvalue weighted by atomic mass is 79.9. The van der Waals surface area contributed by atoms with Crippen LogP contribution in [0.1, 0.15) is 192 Å². The number of aromatic amines is 1. The number of aliphatic carboxylic acids is 1. The van der Waals surface area contributed by atoms with Crippen LogP contribution < -0.4 is 91.6 Å². The Labute approximate surface area is 835 Å². The molecule has 4 aliphatic heterocycles. The van der Waals surface area contributed by atoms with Crippen LogP contribution in [0.5, 0.6) is 0 Å². The minimum absolute atomic E-state index is 0.00306. The molecule has 3 aromatic carbocycles. The molecule has 10 rings (SSSR count). The second-order valence-electron chi connectivity index (χ2n) is 38.8. The normalized spacial score (nSPS) is 18.6. The lowest BCUT2D eigenvalue weighted by atomic mass is 9.84. The van der Waals surface area contributed by atoms with Crippen molar-refractivity contribution in [1.82, 2.24) is 104 Å². The summed E-state index contributed by atoms with van der Waals surface area (Å²) in [6, 6.07) is 14.4. The number of likely N-dealkylation sites (tertiary alicyclic amines) is 3. The quantitative estimate of drug-likeness (QED) is 0.0113. The second-order valence-corrected chi connectivity index (χ2v) is 39.7. The summed E-state index contributed by atoms with van der Waals surface area (Å²) in [4.78, 5) is 248. The first-order chi connectivity index (χ1) is 67.7. The highest BCUT2D eigenvalue weighted by Crippen LogP contribution is 2.40. The molecule has 5 aliphatic rings. The molecule has 5 fully saturated rings. The molecule has 1 aliphatic carbocycles. The number of carboxylic acid groups (broad SMARTS) is 1. The van der Waals surface area contributed by atoms with Crippen molar-refractivity contribution in [1.29, 1.82) is 10.8 Å². The molecule has 43 heteroatoms. The van der Waals surface area contributed by atoms with Crippen molar-refractivity contribution in [3.8, 4) is 11.1 Å². The third-order valence-electron chi connectivity index (χ3n) is 26.7. The van der Waals surface area contributed by atoms with Crippen molar-refractivity contribution in [2.75, 3.05) is 52.4 Å². The molecule has 4 saturated heterocycles. The number of halogens is 1. The smallest absolute Gasteiger partial charge is 0.326 e. The van der Waals surface area contributed by atoms with Gasteiger partial charge in [0.2, 0.25) is 88.6 Å². The van der Waals surface area contributed by atoms with Crippen LogP contribution in [0.25, 0.3) is 11.1 Å². The Bertz CT molecular complexity index is 5210. The summed E-state index contributed by atoms with van der Waals surface area (Å²) in [6.45, 7) is 10.1. The first-order valence-corrected chi connectivity index (χ1v) is 49.9. The highest BCUT2D eigenvalue weighted by molar-refractivity contribution is 9.10. The zero-order valence-corrected chi connectivity index (χ0v) is 83.2. The number of carboxylic acids is 1. The van der Waals surface area contributed by atoms with Crippen molar-refractivity contribution >= 4 is 122 Å². The number of unbranched alkanes of at least 4 members (excludes halogenated alkanes) is 1. The Hall–Kier alpha value is -13.5. The van der Waals surface area contributed by atoms with Crippen molar-refractivity contribution in [2.45, 2.75) is 274 Å². The molecule has 1 saturated carbocycles. The molecule has 770 valence electrons. The maximum atomic E-state index is 15.3. The molecule has 13 atom stereocenters. The predicted molar refractivity (Wildman–Crippen MR) is 530 cm³/mol. The molecule has 0 spiro atoms. The molecule has 24 N–H and O–H groups in total. The number of guanidine groups is 2. The summed E-state index contributed by atoms with van der Waals surface area (Å²) >= 11 is 3.48. The number of nitrogens with zero attached hydrogens (tertiary/aromatic N) is 5. The fourth-order valence-corrected chi connectivity index (χ4v) is 19.1. The predicted octanol–water partition coefficient (Wildman–Crippen LogP) is 1.38. The van der Waals surface area contributed by atoms with E-state index in [0.717, 1.165) is 28.4 Å². The van der Waals surface area contributed by atoms with Crippen LogP contribution in [-0.2, 0) is 102 Å². The third kappa shape index (κ3) is 32.8. The number of piperidine rings is 1. The summed E-state index contributed by atoms with van der Waals surface area (Å²) < 4.78 is 0.757. The van der Waals surface area contributed by atoms with Gasteiger partial charge in [-0.3, -0.25) is 87.7 Å². The minimum Gasteiger partial charge on any atom is -0.480 e. The Morgan fingerprint density at radius 1 is 0.507 bits per heavy atom. The number of imidazole rings is 1. The number of fused-ring (bicyclic) bond motifs is 1. The molecule has 0 unspecified atom stereocenters. The van der Waals surface area contributed by atoms with Gasteiger partial charge in [0.1, 0.15) is 77.4 Å². The van der Waals surface area contributed by atoms with E-state index in [1.165, 1.54) is 54.9 Å². The van der Waals surface area contributed by atoms with Gasteiger partial charge in [-0.05, 0) is 214 Å². The summed E-state index contributed by atoms with van der Waals surface area (Å²) in [5, 5.41) is 65.1. The number of rotatable bonds is 51. The Kier molecular flexibility index (Phi) is 41.6. The first kappa shape index (κ1) is 111. The summed E-state index contributed by atoms with van der Waals surface area (Å²) in [5.74, 6) is -14.0. The number of carbonyl (C=O) groups excluding carboxylic acids is 15. The van der Waals surface area contributed by atoms with Crippen molar-refractivity contribution < 1.29 is 81.8 Å². The first-order valence-electron chi connectivity index (χ1n) is 49.1. The van der Waals surface area contributed by atoms with E-state index < -0.39 is 191 Å². The number of pyridine rings is 1. The Balaban J connectivity index is 0.806. The largest absolute Gasteiger partial charge is 0.480 e. The lowest BCUT2D eigenvalue weighted by molar-refractivity contribution is -0.145. The van der Waals surface area contributed by atoms with E-state index in [4.69, 9.17) is 28.0 Å². The third-order valence-corrected chi connectivity index (χ3v) is 27.3. The molecule has 142 heavy (non-hydrogen) atoms. The van der Waals surface area contributed by atoms with Crippen molar-refractivity contribution in [3.63, 3.8) is 0 Å². The van der Waals surface area contributed by atoms with Crippen LogP contribution in [-0.4, -0.2) is 272 Å². The highest BCUT2D eigenvalue weighted by Gasteiger charge is 2.50. The SMILES string of the molecule is CC(C)C[C@H](NC(=O)[C@@H](CCCNC(=N)N)NC(=O)[C@@H]1CCCN1C(=O)[C@H](CCCCNC(=N)N)NC(=O)[C@H](CCC(N)=O)NC(=O)C(C)(C)C(=O)NCCc1ccccn1)C(=O)NC(C)(C)C(=O)N[C@@H](Cc1c[nH]cn1)C(=O)N[C@@H](CC1CCNCC1)C(=O)NCC(=O)N1[C@H](C(=O)N[C@@H](Cc2ccc(Br)cc2)C(=O)N2CCC[C@H]2C(=O)N[C@H](Cc2ccc(-c3ccccc3)cc2)C(=O)O)C[C@@H]2CCCC[C@@H]21. The van der Waals surface area contributed by atoms with E-state index in [2.05, 4.69) is 105 Å². The van der Waals surface area contributed by atoms with Crippen molar-refractivity contribution in [2.24, 2.45) is 40.4 Å². The monoisotopic (exact) mass is 2030 g/mol. The van der Waals surface area contributed by atoms with Gasteiger partial charge in [-0.1, -0.05) is 115 Å². The Morgan fingerprint density at radius 3 is 1.68 bits per heavy atom. The fourth-order valence-electron chi connectivity index (χ4n) is 18.8. The average Bonchev–Trinajstić information content (AvgIpc) is 1.62. The van der Waals surface area contributed by atoms with Crippen LogP contribution >= 0.6 is 15.9 Å². The van der Waals surface area contributed by atoms with E-state index in [0.29, 0.717) is 80.6 Å². The molecule has 6 heterocycles. The van der Waals surface area contributed by atoms with E-state index in [1.807, 2.05) is 54.6 Å². The number of nitrogens with one attached hydrogen (secondary N) is 17. The number of nitrogens with two attached hydrogens (primary N) is 3. The lowest BCUT2D eigenvalue weighted by Crippen LogP contribution is -2.63. The topological polar surface area (TPSA) is 639 Å². The number of hydrogen-bond acceptors (Lipinski definition) is 21. The number of aromatic nitrogens is 3. The maximum absolute atomic E-state index is 15.3. The summed E-state index contributed by atoms with van der Waals surface area (Å²) in [6.07, 6.45) is 9.57. The van der Waals surface area contributed by atoms with Crippen LogP contribution in [0.4, 0.5) is 0 Å². The minimum atomic E-state index is -1.89. The van der Waals surface area contributed by atoms with Gasteiger partial charge in [0, 0.05) is 93.4 Å². The van der Waals surface area contributed by atoms with Crippen molar-refractivity contribution in [3.05, 3.63) is 143 Å². The summed E-state index contributed by atoms with van der Waals surface area (Å²) in [5.41, 5.74) is 17.3. The molecule has 2 aromatic heterocycles. The van der Waals surface area contributed by atoms with Gasteiger partial charge in [0.25, 0.3) is 0 Å². The van der Waals surface area contributed by atoms with E-state index in [1.54, 1.807) is 62.5 Å². The molecular weight excluding hydrogens is 1890 g/mol. The number of carbonyl (C=O) groups is 16. The number of primary amides is 1. The molecule has 42 nitrogen and oxygen atoms in total. The maximum Gasteiger partial charge on any atom is 0.326 e.